The zero-order valence-electron chi connectivity index (χ0n) is 12.1. The van der Waals surface area contributed by atoms with Crippen LogP contribution in [0.25, 0.3) is 0 Å². The molecule has 5 nitrogen and oxygen atoms in total. The smallest absolute Gasteiger partial charge is 0.131 e. The number of hydrogen-bond acceptors (Lipinski definition) is 5. The van der Waals surface area contributed by atoms with Crippen molar-refractivity contribution in [3.05, 3.63) is 17.7 Å². The number of hydrogen-bond donors (Lipinski definition) is 3. The average molecular weight is 306 g/mol. The van der Waals surface area contributed by atoms with Crippen LogP contribution in [0.2, 0.25) is 0 Å². The molecule has 0 aliphatic rings. The SMILES string of the molecule is CCCC[C@H](O)[C@H](N)c1c(OC)cc(O)cc1OC.Cl. The summed E-state index contributed by atoms with van der Waals surface area (Å²) in [7, 11) is 2.98. The van der Waals surface area contributed by atoms with Crippen LogP contribution in [0.1, 0.15) is 37.8 Å². The van der Waals surface area contributed by atoms with Crippen LogP contribution in [0.3, 0.4) is 0 Å². The third-order valence-electron chi connectivity index (χ3n) is 3.13. The van der Waals surface area contributed by atoms with Crippen LogP contribution in [0.5, 0.6) is 17.2 Å². The normalized spacial score (nSPS) is 13.2. The molecule has 0 aromatic heterocycles. The first kappa shape index (κ1) is 18.8. The van der Waals surface area contributed by atoms with Crippen molar-refractivity contribution in [3.8, 4) is 17.2 Å². The van der Waals surface area contributed by atoms with Crippen LogP contribution >= 0.6 is 12.4 Å². The van der Waals surface area contributed by atoms with E-state index in [2.05, 4.69) is 6.92 Å². The minimum atomic E-state index is -0.674. The van der Waals surface area contributed by atoms with Crippen LogP contribution in [0.4, 0.5) is 0 Å². The van der Waals surface area contributed by atoms with Crippen LogP contribution < -0.4 is 15.2 Å². The number of aliphatic hydroxyl groups is 1. The van der Waals surface area contributed by atoms with Crippen molar-refractivity contribution in [3.63, 3.8) is 0 Å². The molecule has 0 spiro atoms. The molecule has 0 fully saturated rings. The van der Waals surface area contributed by atoms with E-state index in [0.29, 0.717) is 23.5 Å². The lowest BCUT2D eigenvalue weighted by Gasteiger charge is -2.23. The number of halogens is 1. The fourth-order valence-electron chi connectivity index (χ4n) is 2.04. The van der Waals surface area contributed by atoms with E-state index < -0.39 is 12.1 Å². The highest BCUT2D eigenvalue weighted by Gasteiger charge is 2.24. The second-order valence-corrected chi connectivity index (χ2v) is 4.50. The summed E-state index contributed by atoms with van der Waals surface area (Å²) in [5.41, 5.74) is 6.67. The molecule has 0 saturated heterocycles. The van der Waals surface area contributed by atoms with Gasteiger partial charge in [0.15, 0.2) is 0 Å². The topological polar surface area (TPSA) is 84.9 Å². The molecule has 20 heavy (non-hydrogen) atoms. The van der Waals surface area contributed by atoms with E-state index in [4.69, 9.17) is 15.2 Å². The highest BCUT2D eigenvalue weighted by Crippen LogP contribution is 2.38. The zero-order valence-corrected chi connectivity index (χ0v) is 12.9. The van der Waals surface area contributed by atoms with E-state index in [9.17, 15) is 10.2 Å². The molecule has 0 heterocycles. The van der Waals surface area contributed by atoms with Crippen molar-refractivity contribution in [1.29, 1.82) is 0 Å². The molecule has 0 bridgehead atoms. The Balaban J connectivity index is 0.00000361. The number of benzene rings is 1. The average Bonchev–Trinajstić information content (AvgIpc) is 2.42. The number of ether oxygens (including phenoxy) is 2. The maximum Gasteiger partial charge on any atom is 0.131 e. The van der Waals surface area contributed by atoms with Crippen molar-refractivity contribution >= 4 is 12.4 Å². The molecule has 1 aromatic rings. The van der Waals surface area contributed by atoms with Crippen molar-refractivity contribution in [2.24, 2.45) is 5.73 Å². The number of phenols is 1. The van der Waals surface area contributed by atoms with Gasteiger partial charge in [-0.05, 0) is 6.42 Å². The van der Waals surface area contributed by atoms with Gasteiger partial charge < -0.3 is 25.4 Å². The van der Waals surface area contributed by atoms with Crippen molar-refractivity contribution in [2.75, 3.05) is 14.2 Å². The molecule has 1 rings (SSSR count). The molecule has 0 radical (unpaired) electrons. The Morgan fingerprint density at radius 3 is 2.10 bits per heavy atom. The lowest BCUT2D eigenvalue weighted by Crippen LogP contribution is -2.27. The second-order valence-electron chi connectivity index (χ2n) is 4.50. The van der Waals surface area contributed by atoms with Crippen LogP contribution in [-0.2, 0) is 0 Å². The summed E-state index contributed by atoms with van der Waals surface area (Å²) < 4.78 is 10.4. The monoisotopic (exact) mass is 305 g/mol. The highest BCUT2D eigenvalue weighted by molar-refractivity contribution is 5.85. The second kappa shape index (κ2) is 8.89. The first-order valence-corrected chi connectivity index (χ1v) is 6.43. The predicted octanol–water partition coefficient (Wildman–Crippen LogP) is 2.38. The van der Waals surface area contributed by atoms with Gasteiger partial charge in [-0.3, -0.25) is 0 Å². The number of phenolic OH excluding ortho intramolecular Hbond substituents is 1. The Hall–Kier alpha value is -1.17. The molecule has 0 unspecified atom stereocenters. The molecule has 6 heteroatoms. The fraction of sp³-hybridized carbons (Fsp3) is 0.571. The predicted molar refractivity (Wildman–Crippen MR) is 80.9 cm³/mol. The third kappa shape index (κ3) is 4.44. The molecule has 1 aromatic carbocycles. The first-order chi connectivity index (χ1) is 9.04. The number of rotatable bonds is 7. The van der Waals surface area contributed by atoms with Gasteiger partial charge in [-0.1, -0.05) is 19.8 Å². The highest BCUT2D eigenvalue weighted by atomic mass is 35.5. The number of methoxy groups -OCH3 is 2. The van der Waals surface area contributed by atoms with E-state index in [1.54, 1.807) is 0 Å². The summed E-state index contributed by atoms with van der Waals surface area (Å²) >= 11 is 0. The maximum atomic E-state index is 10.1. The van der Waals surface area contributed by atoms with Gasteiger partial charge in [0.25, 0.3) is 0 Å². The van der Waals surface area contributed by atoms with E-state index in [-0.39, 0.29) is 18.2 Å². The quantitative estimate of drug-likeness (QED) is 0.720. The van der Waals surface area contributed by atoms with Crippen LogP contribution in [0.15, 0.2) is 12.1 Å². The number of aromatic hydroxyl groups is 1. The fourth-order valence-corrected chi connectivity index (χ4v) is 2.04. The Kier molecular flexibility index (Phi) is 8.37. The zero-order chi connectivity index (χ0) is 14.4. The van der Waals surface area contributed by atoms with Gasteiger partial charge in [0.2, 0.25) is 0 Å². The van der Waals surface area contributed by atoms with Crippen molar-refractivity contribution in [2.45, 2.75) is 38.3 Å². The van der Waals surface area contributed by atoms with E-state index in [1.165, 1.54) is 26.4 Å². The summed E-state index contributed by atoms with van der Waals surface area (Å²) in [6.07, 6.45) is 1.84. The molecule has 4 N–H and O–H groups in total. The van der Waals surface area contributed by atoms with Crippen molar-refractivity contribution < 1.29 is 19.7 Å². The van der Waals surface area contributed by atoms with Gasteiger partial charge in [-0.25, -0.2) is 0 Å². The third-order valence-corrected chi connectivity index (χ3v) is 3.13. The molecule has 0 amide bonds. The van der Waals surface area contributed by atoms with Crippen LogP contribution in [-0.4, -0.2) is 30.5 Å². The maximum absolute atomic E-state index is 10.1. The Morgan fingerprint density at radius 2 is 1.70 bits per heavy atom. The molecular weight excluding hydrogens is 282 g/mol. The number of unbranched alkanes of at least 4 members (excludes halogenated alkanes) is 1. The minimum Gasteiger partial charge on any atom is -0.508 e. The van der Waals surface area contributed by atoms with Gasteiger partial charge in [-0.2, -0.15) is 0 Å². The van der Waals surface area contributed by atoms with Crippen molar-refractivity contribution in [1.82, 2.24) is 0 Å². The van der Waals surface area contributed by atoms with Gasteiger partial charge in [0.1, 0.15) is 17.2 Å². The van der Waals surface area contributed by atoms with E-state index in [0.717, 1.165) is 12.8 Å². The molecular formula is C14H24ClNO4. The Bertz CT molecular complexity index is 389. The van der Waals surface area contributed by atoms with Gasteiger partial charge in [0, 0.05) is 12.1 Å². The largest absolute Gasteiger partial charge is 0.508 e. The summed E-state index contributed by atoms with van der Waals surface area (Å²) in [5.74, 6) is 0.868. The molecule has 0 aliphatic carbocycles. The summed E-state index contributed by atoms with van der Waals surface area (Å²) in [4.78, 5) is 0. The number of aliphatic hydroxyl groups excluding tert-OH is 1. The Morgan fingerprint density at radius 1 is 1.20 bits per heavy atom. The molecule has 0 aliphatic heterocycles. The lowest BCUT2D eigenvalue weighted by atomic mass is 9.96. The summed E-state index contributed by atoms with van der Waals surface area (Å²) in [5, 5.41) is 19.7. The summed E-state index contributed by atoms with van der Waals surface area (Å²) in [6, 6.07) is 2.31. The Labute approximate surface area is 126 Å². The van der Waals surface area contributed by atoms with Crippen LogP contribution in [0, 0.1) is 0 Å². The molecule has 0 saturated carbocycles. The standard InChI is InChI=1S/C14H23NO4.ClH/c1-4-5-6-10(17)14(15)13-11(18-2)7-9(16)8-12(13)19-3;/h7-8,10,14,16-17H,4-6,15H2,1-3H3;1H/t10-,14-;/m0./s1. The molecule has 116 valence electrons. The van der Waals surface area contributed by atoms with Gasteiger partial charge >= 0.3 is 0 Å². The van der Waals surface area contributed by atoms with E-state index in [1.807, 2.05) is 0 Å². The lowest BCUT2D eigenvalue weighted by molar-refractivity contribution is 0.130. The van der Waals surface area contributed by atoms with Gasteiger partial charge in [0.05, 0.1) is 31.9 Å². The first-order valence-electron chi connectivity index (χ1n) is 6.43. The number of nitrogens with two attached hydrogens (primary N) is 1. The minimum absolute atomic E-state index is 0. The van der Waals surface area contributed by atoms with E-state index >= 15 is 0 Å². The summed E-state index contributed by atoms with van der Waals surface area (Å²) in [6.45, 7) is 2.06. The molecule has 2 atom stereocenters. The van der Waals surface area contributed by atoms with Gasteiger partial charge in [-0.15, -0.1) is 12.4 Å².